The number of benzene rings is 1. The first-order chi connectivity index (χ1) is 14.0. The van der Waals surface area contributed by atoms with Crippen LogP contribution in [0, 0.1) is 10.1 Å². The Bertz CT molecular complexity index is 940. The summed E-state index contributed by atoms with van der Waals surface area (Å²) < 4.78 is 41.9. The summed E-state index contributed by atoms with van der Waals surface area (Å²) in [5.41, 5.74) is -3.12. The summed E-state index contributed by atoms with van der Waals surface area (Å²) in [5.74, 6) is -1.54. The molecule has 162 valence electrons. The third kappa shape index (κ3) is 3.95. The van der Waals surface area contributed by atoms with Crippen molar-refractivity contribution in [3.8, 4) is 0 Å². The lowest BCUT2D eigenvalue weighted by atomic mass is 9.96. The Morgan fingerprint density at radius 1 is 1.23 bits per heavy atom. The van der Waals surface area contributed by atoms with Crippen LogP contribution in [0.15, 0.2) is 36.7 Å². The van der Waals surface area contributed by atoms with Crippen molar-refractivity contribution in [3.05, 3.63) is 52.6 Å². The number of anilines is 1. The highest BCUT2D eigenvalue weighted by Crippen LogP contribution is 2.41. The normalized spacial score (nSPS) is 17.0. The smallest absolute Gasteiger partial charge is 0.374 e. The fourth-order valence-electron chi connectivity index (χ4n) is 3.48. The number of carbonyl (C=O) groups excluding carboxylic acids is 1. The molecule has 0 bridgehead atoms. The van der Waals surface area contributed by atoms with Gasteiger partial charge in [-0.05, 0) is 6.07 Å². The number of para-hydroxylation sites is 2. The number of nitrogens with zero attached hydrogens (tertiary/aromatic N) is 5. The molecule has 1 unspecified atom stereocenters. The summed E-state index contributed by atoms with van der Waals surface area (Å²) in [6, 6.07) is 6.13. The van der Waals surface area contributed by atoms with E-state index in [9.17, 15) is 33.2 Å². The molecule has 0 saturated carbocycles. The van der Waals surface area contributed by atoms with Gasteiger partial charge < -0.3 is 19.5 Å². The van der Waals surface area contributed by atoms with Gasteiger partial charge in [-0.3, -0.25) is 14.9 Å². The van der Waals surface area contributed by atoms with Gasteiger partial charge >= 0.3 is 6.18 Å². The lowest BCUT2D eigenvalue weighted by Gasteiger charge is -2.37. The third-order valence-corrected chi connectivity index (χ3v) is 5.12. The minimum atomic E-state index is -5.10. The van der Waals surface area contributed by atoms with Crippen molar-refractivity contribution in [2.75, 3.05) is 31.1 Å². The van der Waals surface area contributed by atoms with Crippen molar-refractivity contribution in [2.24, 2.45) is 7.05 Å². The maximum absolute atomic E-state index is 13.6. The highest BCUT2D eigenvalue weighted by atomic mass is 19.4. The molecule has 1 amide bonds. The number of imidazole rings is 1. The zero-order chi connectivity index (χ0) is 22.1. The number of hydrogen-bond donors (Lipinski definition) is 1. The van der Waals surface area contributed by atoms with Crippen molar-refractivity contribution in [1.29, 1.82) is 0 Å². The zero-order valence-electron chi connectivity index (χ0n) is 16.0. The van der Waals surface area contributed by atoms with E-state index in [1.165, 1.54) is 30.3 Å². The highest BCUT2D eigenvalue weighted by molar-refractivity contribution is 5.78. The van der Waals surface area contributed by atoms with Crippen LogP contribution >= 0.6 is 0 Å². The topological polar surface area (TPSA) is 105 Å². The number of nitro benzene ring substituents is 1. The molecular formula is C18H20F3N5O4. The van der Waals surface area contributed by atoms with E-state index in [4.69, 9.17) is 0 Å². The van der Waals surface area contributed by atoms with E-state index < -0.39 is 34.9 Å². The fourth-order valence-corrected chi connectivity index (χ4v) is 3.48. The second kappa shape index (κ2) is 7.94. The molecule has 0 radical (unpaired) electrons. The van der Waals surface area contributed by atoms with Crippen molar-refractivity contribution >= 4 is 17.3 Å². The minimum Gasteiger partial charge on any atom is -0.374 e. The molecule has 1 saturated heterocycles. The Balaban J connectivity index is 1.72. The molecule has 1 fully saturated rings. The van der Waals surface area contributed by atoms with Gasteiger partial charge in [0.15, 0.2) is 5.82 Å². The molecule has 0 aliphatic carbocycles. The molecule has 1 aromatic carbocycles. The molecule has 30 heavy (non-hydrogen) atoms. The predicted molar refractivity (Wildman–Crippen MR) is 99.7 cm³/mol. The van der Waals surface area contributed by atoms with E-state index in [1.54, 1.807) is 17.0 Å². The Morgan fingerprint density at radius 2 is 1.87 bits per heavy atom. The first-order valence-corrected chi connectivity index (χ1v) is 9.07. The van der Waals surface area contributed by atoms with Gasteiger partial charge in [0, 0.05) is 51.7 Å². The van der Waals surface area contributed by atoms with Crippen LogP contribution in [0.25, 0.3) is 0 Å². The lowest BCUT2D eigenvalue weighted by Crippen LogP contribution is -2.53. The molecule has 2 aromatic rings. The monoisotopic (exact) mass is 427 g/mol. The van der Waals surface area contributed by atoms with E-state index in [0.717, 1.165) is 10.8 Å². The van der Waals surface area contributed by atoms with Gasteiger partial charge in [0.25, 0.3) is 5.69 Å². The van der Waals surface area contributed by atoms with Crippen molar-refractivity contribution in [1.82, 2.24) is 14.5 Å². The van der Waals surface area contributed by atoms with Crippen LogP contribution in [0.3, 0.4) is 0 Å². The minimum absolute atomic E-state index is 0.0688. The summed E-state index contributed by atoms with van der Waals surface area (Å²) in [7, 11) is 1.30. The van der Waals surface area contributed by atoms with Crippen molar-refractivity contribution in [2.45, 2.75) is 18.2 Å². The summed E-state index contributed by atoms with van der Waals surface area (Å²) in [6.07, 6.45) is -3.94. The van der Waals surface area contributed by atoms with Gasteiger partial charge in [0.1, 0.15) is 5.69 Å². The molecule has 12 heteroatoms. The first-order valence-electron chi connectivity index (χ1n) is 9.07. The van der Waals surface area contributed by atoms with Gasteiger partial charge in [-0.25, -0.2) is 4.98 Å². The standard InChI is InChI=1S/C18H20F3N5O4/c1-23-7-6-22-16(23)17(28,18(19,20)21)12-15(27)25-10-8-24(9-11-25)13-4-2-3-5-14(13)26(29)30/h2-7,28H,8-12H2,1H3. The molecule has 1 aliphatic heterocycles. The van der Waals surface area contributed by atoms with Gasteiger partial charge in [-0.1, -0.05) is 12.1 Å². The number of rotatable bonds is 5. The highest BCUT2D eigenvalue weighted by Gasteiger charge is 2.59. The largest absolute Gasteiger partial charge is 0.425 e. The average molecular weight is 427 g/mol. The predicted octanol–water partition coefficient (Wildman–Crippen LogP) is 1.82. The van der Waals surface area contributed by atoms with Crippen LogP contribution in [0.1, 0.15) is 12.2 Å². The molecule has 1 atom stereocenters. The Kier molecular flexibility index (Phi) is 5.70. The maximum atomic E-state index is 13.6. The molecule has 2 heterocycles. The number of amides is 1. The van der Waals surface area contributed by atoms with E-state index in [1.807, 2.05) is 0 Å². The molecule has 1 aliphatic rings. The third-order valence-electron chi connectivity index (χ3n) is 5.12. The lowest BCUT2D eigenvalue weighted by molar-refractivity contribution is -0.384. The average Bonchev–Trinajstić information content (AvgIpc) is 3.13. The number of nitro groups is 1. The summed E-state index contributed by atoms with van der Waals surface area (Å²) in [6.45, 7) is 0.561. The molecule has 9 nitrogen and oxygen atoms in total. The molecule has 0 spiro atoms. The maximum Gasteiger partial charge on any atom is 0.425 e. The second-order valence-electron chi connectivity index (χ2n) is 7.01. The van der Waals surface area contributed by atoms with Crippen LogP contribution in [0.2, 0.25) is 0 Å². The van der Waals surface area contributed by atoms with Crippen LogP contribution in [-0.4, -0.2) is 62.7 Å². The Morgan fingerprint density at radius 3 is 2.40 bits per heavy atom. The van der Waals surface area contributed by atoms with Gasteiger partial charge in [0.2, 0.25) is 11.5 Å². The zero-order valence-corrected chi connectivity index (χ0v) is 16.0. The number of carbonyl (C=O) groups is 1. The summed E-state index contributed by atoms with van der Waals surface area (Å²) in [4.78, 5) is 29.8. The first kappa shape index (κ1) is 21.6. The number of alkyl halides is 3. The molecule has 3 rings (SSSR count). The van der Waals surface area contributed by atoms with Crippen LogP contribution in [-0.2, 0) is 17.4 Å². The van der Waals surface area contributed by atoms with Gasteiger partial charge in [-0.15, -0.1) is 0 Å². The molecular weight excluding hydrogens is 407 g/mol. The Hall–Kier alpha value is -3.15. The summed E-state index contributed by atoms with van der Waals surface area (Å²) in [5, 5.41) is 21.6. The number of aryl methyl sites for hydroxylation is 1. The molecule has 1 N–H and O–H groups in total. The van der Waals surface area contributed by atoms with Crippen LogP contribution < -0.4 is 4.90 Å². The number of hydrogen-bond acceptors (Lipinski definition) is 6. The van der Waals surface area contributed by atoms with Crippen LogP contribution in [0.5, 0.6) is 0 Å². The van der Waals surface area contributed by atoms with E-state index in [-0.39, 0.29) is 31.9 Å². The van der Waals surface area contributed by atoms with Crippen molar-refractivity contribution in [3.63, 3.8) is 0 Å². The number of aliphatic hydroxyl groups is 1. The number of aromatic nitrogens is 2. The summed E-state index contributed by atoms with van der Waals surface area (Å²) >= 11 is 0. The Labute approximate surface area is 169 Å². The van der Waals surface area contributed by atoms with Gasteiger partial charge in [0.05, 0.1) is 11.3 Å². The second-order valence-corrected chi connectivity index (χ2v) is 7.01. The van der Waals surface area contributed by atoms with Gasteiger partial charge in [-0.2, -0.15) is 13.2 Å². The van der Waals surface area contributed by atoms with Crippen molar-refractivity contribution < 1.29 is 28.0 Å². The number of halogens is 3. The van der Waals surface area contributed by atoms with E-state index in [2.05, 4.69) is 4.98 Å². The number of piperazine rings is 1. The quantitative estimate of drug-likeness (QED) is 0.577. The van der Waals surface area contributed by atoms with Crippen LogP contribution in [0.4, 0.5) is 24.5 Å². The molecule has 1 aromatic heterocycles. The van der Waals surface area contributed by atoms with E-state index in [0.29, 0.717) is 5.69 Å². The fraction of sp³-hybridized carbons (Fsp3) is 0.444. The van der Waals surface area contributed by atoms with E-state index >= 15 is 0 Å². The SMILES string of the molecule is Cn1ccnc1C(O)(CC(=O)N1CCN(c2ccccc2[N+](=O)[O-])CC1)C(F)(F)F.